The van der Waals surface area contributed by atoms with Gasteiger partial charge in [-0.15, -0.1) is 10.2 Å². The number of halogens is 2. The van der Waals surface area contributed by atoms with E-state index in [9.17, 15) is 4.79 Å². The zero-order valence-corrected chi connectivity index (χ0v) is 16.7. The fourth-order valence-corrected chi connectivity index (χ4v) is 3.57. The molecule has 1 aliphatic heterocycles. The number of benzene rings is 1. The number of hydrogen-bond donors (Lipinski definition) is 0. The normalized spacial score (nSPS) is 14.4. The van der Waals surface area contributed by atoms with Crippen LogP contribution < -0.4 is 4.90 Å². The Morgan fingerprint density at radius 2 is 1.78 bits per heavy atom. The van der Waals surface area contributed by atoms with E-state index in [1.54, 1.807) is 17.0 Å². The number of rotatable bonds is 3. The van der Waals surface area contributed by atoms with Crippen LogP contribution in [0.3, 0.4) is 0 Å². The standard InChI is InChI=1S/C19H16BrClN4O2/c20-17-7-6-16(27-17)19(26)25-11-9-24(10-12-25)18-8-5-15(22-23-18)13-3-1-2-4-14(13)21/h1-8H,9-12H2. The van der Waals surface area contributed by atoms with E-state index >= 15 is 0 Å². The third-order valence-electron chi connectivity index (χ3n) is 4.48. The van der Waals surface area contributed by atoms with Crippen LogP contribution in [-0.2, 0) is 0 Å². The predicted molar refractivity (Wildman–Crippen MR) is 107 cm³/mol. The van der Waals surface area contributed by atoms with Gasteiger partial charge in [0.15, 0.2) is 16.2 Å². The summed E-state index contributed by atoms with van der Waals surface area (Å²) in [7, 11) is 0. The number of carbonyl (C=O) groups is 1. The van der Waals surface area contributed by atoms with Crippen molar-refractivity contribution in [2.45, 2.75) is 0 Å². The molecule has 1 amide bonds. The molecule has 0 atom stereocenters. The summed E-state index contributed by atoms with van der Waals surface area (Å²) in [6.45, 7) is 2.58. The number of amides is 1. The maximum atomic E-state index is 12.4. The lowest BCUT2D eigenvalue weighted by Gasteiger charge is -2.34. The van der Waals surface area contributed by atoms with Gasteiger partial charge in [-0.1, -0.05) is 29.8 Å². The summed E-state index contributed by atoms with van der Waals surface area (Å²) < 4.78 is 5.91. The number of aromatic nitrogens is 2. The van der Waals surface area contributed by atoms with Crippen molar-refractivity contribution in [2.75, 3.05) is 31.1 Å². The Hall–Kier alpha value is -2.38. The lowest BCUT2D eigenvalue weighted by molar-refractivity contribution is 0.0713. The van der Waals surface area contributed by atoms with Crippen LogP contribution in [0.1, 0.15) is 10.6 Å². The van der Waals surface area contributed by atoms with Gasteiger partial charge < -0.3 is 14.2 Å². The van der Waals surface area contributed by atoms with Gasteiger partial charge in [0.25, 0.3) is 5.91 Å². The number of piperazine rings is 1. The van der Waals surface area contributed by atoms with E-state index in [4.69, 9.17) is 16.0 Å². The highest BCUT2D eigenvalue weighted by molar-refractivity contribution is 9.10. The molecule has 4 rings (SSSR count). The quantitative estimate of drug-likeness (QED) is 0.604. The van der Waals surface area contributed by atoms with E-state index in [1.807, 2.05) is 36.4 Å². The molecule has 1 saturated heterocycles. The van der Waals surface area contributed by atoms with Gasteiger partial charge in [0.2, 0.25) is 0 Å². The molecule has 6 nitrogen and oxygen atoms in total. The first-order chi connectivity index (χ1) is 13.1. The maximum Gasteiger partial charge on any atom is 0.289 e. The van der Waals surface area contributed by atoms with Gasteiger partial charge >= 0.3 is 0 Å². The smallest absolute Gasteiger partial charge is 0.289 e. The average molecular weight is 448 g/mol. The molecule has 1 aliphatic rings. The van der Waals surface area contributed by atoms with Crippen molar-refractivity contribution in [1.82, 2.24) is 15.1 Å². The van der Waals surface area contributed by atoms with Crippen LogP contribution >= 0.6 is 27.5 Å². The molecular weight excluding hydrogens is 432 g/mol. The fourth-order valence-electron chi connectivity index (χ4n) is 3.03. The molecule has 138 valence electrons. The Bertz CT molecular complexity index is 952. The summed E-state index contributed by atoms with van der Waals surface area (Å²) in [6, 6.07) is 14.8. The van der Waals surface area contributed by atoms with E-state index < -0.39 is 0 Å². The molecule has 3 aromatic rings. The maximum absolute atomic E-state index is 12.4. The third kappa shape index (κ3) is 3.84. The van der Waals surface area contributed by atoms with Gasteiger partial charge in [0.1, 0.15) is 0 Å². The molecular formula is C19H16BrClN4O2. The van der Waals surface area contributed by atoms with E-state index in [2.05, 4.69) is 31.0 Å². The topological polar surface area (TPSA) is 62.5 Å². The molecule has 27 heavy (non-hydrogen) atoms. The highest BCUT2D eigenvalue weighted by Crippen LogP contribution is 2.26. The molecule has 1 fully saturated rings. The van der Waals surface area contributed by atoms with Crippen molar-refractivity contribution in [1.29, 1.82) is 0 Å². The van der Waals surface area contributed by atoms with Crippen LogP contribution in [-0.4, -0.2) is 47.2 Å². The summed E-state index contributed by atoms with van der Waals surface area (Å²) in [5, 5.41) is 9.30. The Balaban J connectivity index is 1.41. The minimum atomic E-state index is -0.0968. The van der Waals surface area contributed by atoms with Crippen molar-refractivity contribution in [2.24, 2.45) is 0 Å². The van der Waals surface area contributed by atoms with Gasteiger partial charge in [-0.25, -0.2) is 0 Å². The molecule has 3 heterocycles. The molecule has 0 aliphatic carbocycles. The first-order valence-corrected chi connectivity index (χ1v) is 9.67. The molecule has 0 N–H and O–H groups in total. The van der Waals surface area contributed by atoms with E-state index in [-0.39, 0.29) is 5.91 Å². The summed E-state index contributed by atoms with van der Waals surface area (Å²) in [5.74, 6) is 1.04. The second-order valence-corrected chi connectivity index (χ2v) is 7.33. The molecule has 2 aromatic heterocycles. The molecule has 0 radical (unpaired) electrons. The van der Waals surface area contributed by atoms with Gasteiger partial charge in [0.05, 0.1) is 10.7 Å². The van der Waals surface area contributed by atoms with Crippen LogP contribution in [0.15, 0.2) is 57.6 Å². The van der Waals surface area contributed by atoms with Crippen molar-refractivity contribution in [3.63, 3.8) is 0 Å². The van der Waals surface area contributed by atoms with Gasteiger partial charge in [0, 0.05) is 31.7 Å². The monoisotopic (exact) mass is 446 g/mol. The summed E-state index contributed by atoms with van der Waals surface area (Å²) in [6.07, 6.45) is 0. The van der Waals surface area contributed by atoms with Crippen molar-refractivity contribution < 1.29 is 9.21 Å². The Kier molecular flexibility index (Phi) is 5.13. The summed E-state index contributed by atoms with van der Waals surface area (Å²) >= 11 is 9.44. The van der Waals surface area contributed by atoms with Gasteiger partial charge in [-0.05, 0) is 46.3 Å². The van der Waals surface area contributed by atoms with Crippen molar-refractivity contribution in [3.8, 4) is 11.3 Å². The minimum Gasteiger partial charge on any atom is -0.444 e. The number of carbonyl (C=O) groups excluding carboxylic acids is 1. The number of anilines is 1. The first kappa shape index (κ1) is 18.0. The average Bonchev–Trinajstić information content (AvgIpc) is 3.14. The molecule has 0 bridgehead atoms. The number of furan rings is 1. The SMILES string of the molecule is O=C(c1ccc(Br)o1)N1CCN(c2ccc(-c3ccccc3Cl)nn2)CC1. The number of hydrogen-bond acceptors (Lipinski definition) is 5. The molecule has 0 saturated carbocycles. The summed E-state index contributed by atoms with van der Waals surface area (Å²) in [5.41, 5.74) is 1.60. The molecule has 8 heteroatoms. The fraction of sp³-hybridized carbons (Fsp3) is 0.211. The Labute approximate surface area is 169 Å². The largest absolute Gasteiger partial charge is 0.444 e. The third-order valence-corrected chi connectivity index (χ3v) is 5.23. The minimum absolute atomic E-state index is 0.0968. The first-order valence-electron chi connectivity index (χ1n) is 8.50. The predicted octanol–water partition coefficient (Wildman–Crippen LogP) is 4.11. The van der Waals surface area contributed by atoms with Crippen molar-refractivity contribution >= 4 is 39.3 Å². The van der Waals surface area contributed by atoms with Crippen LogP contribution in [0, 0.1) is 0 Å². The number of nitrogens with zero attached hydrogens (tertiary/aromatic N) is 4. The van der Waals surface area contributed by atoms with E-state index in [1.165, 1.54) is 0 Å². The van der Waals surface area contributed by atoms with E-state index in [0.717, 1.165) is 17.1 Å². The van der Waals surface area contributed by atoms with Crippen LogP contribution in [0.5, 0.6) is 0 Å². The molecule has 0 spiro atoms. The molecule has 1 aromatic carbocycles. The van der Waals surface area contributed by atoms with E-state index in [0.29, 0.717) is 41.6 Å². The van der Waals surface area contributed by atoms with Gasteiger partial charge in [-0.2, -0.15) is 0 Å². The molecule has 0 unspecified atom stereocenters. The zero-order chi connectivity index (χ0) is 18.8. The highest BCUT2D eigenvalue weighted by atomic mass is 79.9. The van der Waals surface area contributed by atoms with Crippen LogP contribution in [0.4, 0.5) is 5.82 Å². The van der Waals surface area contributed by atoms with Crippen LogP contribution in [0.2, 0.25) is 5.02 Å². The second kappa shape index (κ2) is 7.70. The lowest BCUT2D eigenvalue weighted by Crippen LogP contribution is -2.49. The van der Waals surface area contributed by atoms with Crippen molar-refractivity contribution in [3.05, 3.63) is 64.0 Å². The zero-order valence-electron chi connectivity index (χ0n) is 14.3. The second-order valence-electron chi connectivity index (χ2n) is 6.14. The Morgan fingerprint density at radius 1 is 1.00 bits per heavy atom. The highest BCUT2D eigenvalue weighted by Gasteiger charge is 2.25. The van der Waals surface area contributed by atoms with Crippen LogP contribution in [0.25, 0.3) is 11.3 Å². The summed E-state index contributed by atoms with van der Waals surface area (Å²) in [4.78, 5) is 16.3. The Morgan fingerprint density at radius 3 is 2.41 bits per heavy atom. The van der Waals surface area contributed by atoms with Gasteiger partial charge in [-0.3, -0.25) is 4.79 Å². The lowest BCUT2D eigenvalue weighted by atomic mass is 10.1.